The molecule has 4 rings (SSSR count). The summed E-state index contributed by atoms with van der Waals surface area (Å²) >= 11 is 12.5. The summed E-state index contributed by atoms with van der Waals surface area (Å²) in [7, 11) is -2.67. The molecule has 1 unspecified atom stereocenters. The predicted molar refractivity (Wildman–Crippen MR) is 162 cm³/mol. The topological polar surface area (TPSA) is 86.8 Å². The summed E-state index contributed by atoms with van der Waals surface area (Å²) in [6.07, 6.45) is 0.211. The SMILES string of the molecule is CNC(=O)C(Cc1ccccc1)N(Cc1ccccc1Cl)C(=O)CN(c1ccc(Cl)cc1)S(=O)(=O)c1ccccc1. The van der Waals surface area contributed by atoms with Crippen molar-refractivity contribution in [1.29, 1.82) is 0 Å². The number of hydrogen-bond donors (Lipinski definition) is 1. The monoisotopic (exact) mass is 609 g/mol. The van der Waals surface area contributed by atoms with Crippen LogP contribution in [0, 0.1) is 0 Å². The summed E-state index contributed by atoms with van der Waals surface area (Å²) in [6.45, 7) is -0.575. The van der Waals surface area contributed by atoms with Gasteiger partial charge in [0.1, 0.15) is 12.6 Å². The number of rotatable bonds is 11. The maximum Gasteiger partial charge on any atom is 0.264 e. The van der Waals surface area contributed by atoms with Gasteiger partial charge in [0.25, 0.3) is 10.0 Å². The van der Waals surface area contributed by atoms with Crippen LogP contribution in [0.2, 0.25) is 10.0 Å². The maximum absolute atomic E-state index is 14.2. The Kier molecular flexibility index (Phi) is 10.0. The van der Waals surface area contributed by atoms with Gasteiger partial charge in [0.15, 0.2) is 0 Å². The standard InChI is InChI=1S/C31H29Cl2N3O4S/c1-34-31(38)29(20-23-10-4-2-5-11-23)35(21-24-12-8-9-15-28(24)33)30(37)22-36(26-18-16-25(32)17-19-26)41(39,40)27-13-6-3-7-14-27/h2-19,29H,20-22H2,1H3,(H,34,38). The van der Waals surface area contributed by atoms with Crippen LogP contribution in [-0.4, -0.2) is 44.8 Å². The van der Waals surface area contributed by atoms with Gasteiger partial charge in [0, 0.05) is 30.1 Å². The Labute approximate surface area is 250 Å². The summed E-state index contributed by atoms with van der Waals surface area (Å²) in [4.78, 5) is 28.9. The van der Waals surface area contributed by atoms with E-state index in [2.05, 4.69) is 5.32 Å². The van der Waals surface area contributed by atoms with Gasteiger partial charge in [-0.1, -0.05) is 89.9 Å². The zero-order valence-corrected chi connectivity index (χ0v) is 24.6. The first-order valence-corrected chi connectivity index (χ1v) is 15.0. The molecule has 0 heterocycles. The van der Waals surface area contributed by atoms with Crippen LogP contribution in [0.25, 0.3) is 0 Å². The molecule has 0 aromatic heterocycles. The van der Waals surface area contributed by atoms with E-state index in [1.807, 2.05) is 30.3 Å². The summed E-state index contributed by atoms with van der Waals surface area (Å²) < 4.78 is 28.8. The number of likely N-dealkylation sites (N-methyl/N-ethyl adjacent to an activating group) is 1. The van der Waals surface area contributed by atoms with Crippen LogP contribution >= 0.6 is 23.2 Å². The Morgan fingerprint density at radius 3 is 2.00 bits per heavy atom. The minimum absolute atomic E-state index is 0.0106. The molecule has 0 saturated heterocycles. The number of hydrogen-bond acceptors (Lipinski definition) is 4. The fourth-order valence-corrected chi connectivity index (χ4v) is 6.14. The quantitative estimate of drug-likeness (QED) is 0.241. The van der Waals surface area contributed by atoms with Crippen LogP contribution in [0.4, 0.5) is 5.69 Å². The Balaban J connectivity index is 1.78. The Morgan fingerprint density at radius 1 is 0.805 bits per heavy atom. The van der Waals surface area contributed by atoms with Crippen molar-refractivity contribution in [1.82, 2.24) is 10.2 Å². The van der Waals surface area contributed by atoms with Gasteiger partial charge in [-0.15, -0.1) is 0 Å². The highest BCUT2D eigenvalue weighted by Crippen LogP contribution is 2.27. The largest absolute Gasteiger partial charge is 0.357 e. The predicted octanol–water partition coefficient (Wildman–Crippen LogP) is 5.57. The second-order valence-electron chi connectivity index (χ2n) is 9.23. The molecule has 0 aliphatic heterocycles. The van der Waals surface area contributed by atoms with Crippen molar-refractivity contribution in [3.63, 3.8) is 0 Å². The van der Waals surface area contributed by atoms with Gasteiger partial charge in [-0.3, -0.25) is 13.9 Å². The molecule has 41 heavy (non-hydrogen) atoms. The molecule has 1 N–H and O–H groups in total. The number of sulfonamides is 1. The molecule has 0 bridgehead atoms. The van der Waals surface area contributed by atoms with Crippen LogP contribution in [-0.2, 0) is 32.6 Å². The van der Waals surface area contributed by atoms with Gasteiger partial charge in [-0.05, 0) is 53.6 Å². The third kappa shape index (κ3) is 7.47. The van der Waals surface area contributed by atoms with Gasteiger partial charge in [-0.2, -0.15) is 0 Å². The van der Waals surface area contributed by atoms with Gasteiger partial charge in [0.05, 0.1) is 10.6 Å². The van der Waals surface area contributed by atoms with Crippen LogP contribution in [0.15, 0.2) is 114 Å². The highest BCUT2D eigenvalue weighted by atomic mass is 35.5. The van der Waals surface area contributed by atoms with Crippen molar-refractivity contribution in [2.24, 2.45) is 0 Å². The van der Waals surface area contributed by atoms with E-state index in [0.29, 0.717) is 15.6 Å². The molecule has 1 atom stereocenters. The van der Waals surface area contributed by atoms with Crippen molar-refractivity contribution in [2.75, 3.05) is 17.9 Å². The summed E-state index contributed by atoms with van der Waals surface area (Å²) in [5.41, 5.74) is 1.71. The van der Waals surface area contributed by atoms with E-state index >= 15 is 0 Å². The third-order valence-electron chi connectivity index (χ3n) is 6.54. The third-order valence-corrected chi connectivity index (χ3v) is 8.95. The lowest BCUT2D eigenvalue weighted by molar-refractivity contribution is -0.139. The zero-order chi connectivity index (χ0) is 29.4. The molecule has 0 aliphatic rings. The lowest BCUT2D eigenvalue weighted by atomic mass is 10.0. The van der Waals surface area contributed by atoms with E-state index in [9.17, 15) is 18.0 Å². The summed E-state index contributed by atoms with van der Waals surface area (Å²) in [5, 5.41) is 3.50. The first-order valence-electron chi connectivity index (χ1n) is 12.8. The molecule has 0 saturated carbocycles. The number of nitrogens with one attached hydrogen (secondary N) is 1. The number of carbonyl (C=O) groups is 2. The van der Waals surface area contributed by atoms with Gasteiger partial charge < -0.3 is 10.2 Å². The smallest absolute Gasteiger partial charge is 0.264 e. The molecular weight excluding hydrogens is 581 g/mol. The Hall–Kier alpha value is -3.85. The van der Waals surface area contributed by atoms with Gasteiger partial charge in [0.2, 0.25) is 11.8 Å². The molecule has 212 valence electrons. The van der Waals surface area contributed by atoms with Crippen LogP contribution in [0.5, 0.6) is 0 Å². The van der Waals surface area contributed by atoms with Crippen molar-refractivity contribution in [3.05, 3.63) is 130 Å². The first-order chi connectivity index (χ1) is 19.7. The fraction of sp³-hybridized carbons (Fsp3) is 0.161. The number of amides is 2. The minimum atomic E-state index is -4.17. The molecule has 10 heteroatoms. The average Bonchev–Trinajstić information content (AvgIpc) is 2.99. The van der Waals surface area contributed by atoms with E-state index in [1.165, 1.54) is 36.2 Å². The molecule has 0 radical (unpaired) electrons. The summed E-state index contributed by atoms with van der Waals surface area (Å²) in [5.74, 6) is -0.970. The van der Waals surface area contributed by atoms with Crippen molar-refractivity contribution in [2.45, 2.75) is 23.9 Å². The van der Waals surface area contributed by atoms with Gasteiger partial charge >= 0.3 is 0 Å². The molecule has 4 aromatic rings. The van der Waals surface area contributed by atoms with E-state index in [4.69, 9.17) is 23.2 Å². The molecule has 0 spiro atoms. The maximum atomic E-state index is 14.2. The number of halogens is 2. The molecule has 2 amide bonds. The van der Waals surface area contributed by atoms with E-state index < -0.39 is 34.4 Å². The van der Waals surface area contributed by atoms with E-state index in [0.717, 1.165) is 9.87 Å². The van der Waals surface area contributed by atoms with E-state index in [-0.39, 0.29) is 23.5 Å². The van der Waals surface area contributed by atoms with Crippen molar-refractivity contribution in [3.8, 4) is 0 Å². The second kappa shape index (κ2) is 13.7. The number of benzene rings is 4. The highest BCUT2D eigenvalue weighted by molar-refractivity contribution is 7.92. The lowest BCUT2D eigenvalue weighted by Crippen LogP contribution is -2.53. The zero-order valence-electron chi connectivity index (χ0n) is 22.3. The Morgan fingerprint density at radius 2 is 1.39 bits per heavy atom. The average molecular weight is 611 g/mol. The first kappa shape index (κ1) is 30.1. The summed E-state index contributed by atoms with van der Waals surface area (Å²) in [6, 6.07) is 29.4. The van der Waals surface area contributed by atoms with Gasteiger partial charge in [-0.25, -0.2) is 8.42 Å². The molecule has 0 aliphatic carbocycles. The molecule has 7 nitrogen and oxygen atoms in total. The van der Waals surface area contributed by atoms with Crippen LogP contribution < -0.4 is 9.62 Å². The molecular formula is C31H29Cl2N3O4S. The second-order valence-corrected chi connectivity index (χ2v) is 11.9. The Bertz CT molecular complexity index is 1580. The van der Waals surface area contributed by atoms with Crippen molar-refractivity contribution >= 4 is 50.7 Å². The highest BCUT2D eigenvalue weighted by Gasteiger charge is 2.34. The normalized spacial score (nSPS) is 11.9. The lowest BCUT2D eigenvalue weighted by Gasteiger charge is -2.33. The fourth-order valence-electron chi connectivity index (χ4n) is 4.39. The van der Waals surface area contributed by atoms with Crippen LogP contribution in [0.3, 0.4) is 0 Å². The number of anilines is 1. The van der Waals surface area contributed by atoms with Crippen molar-refractivity contribution < 1.29 is 18.0 Å². The van der Waals surface area contributed by atoms with Crippen LogP contribution in [0.1, 0.15) is 11.1 Å². The minimum Gasteiger partial charge on any atom is -0.357 e. The molecule has 0 fully saturated rings. The number of nitrogens with zero attached hydrogens (tertiary/aromatic N) is 2. The van der Waals surface area contributed by atoms with E-state index in [1.54, 1.807) is 54.6 Å². The number of carbonyl (C=O) groups excluding carboxylic acids is 2. The molecule has 4 aromatic carbocycles.